The smallest absolute Gasteiger partial charge is 0.160 e. The van der Waals surface area contributed by atoms with E-state index in [1.54, 1.807) is 18.2 Å². The van der Waals surface area contributed by atoms with Gasteiger partial charge in [0.15, 0.2) is 5.78 Å². The molecule has 0 amide bonds. The number of ketones is 1. The van der Waals surface area contributed by atoms with Crippen molar-refractivity contribution in [2.45, 2.75) is 33.1 Å². The lowest BCUT2D eigenvalue weighted by atomic mass is 9.89. The Morgan fingerprint density at radius 2 is 1.94 bits per heavy atom. The van der Waals surface area contributed by atoms with Gasteiger partial charge in [0.25, 0.3) is 0 Å². The first kappa shape index (κ1) is 12.7. The molecule has 0 aliphatic heterocycles. The first-order valence-electron chi connectivity index (χ1n) is 5.91. The molecule has 0 atom stereocenters. The van der Waals surface area contributed by atoms with E-state index in [1.807, 2.05) is 20.8 Å². The fraction of sp³-hybridized carbons (Fsp3) is 0.333. The van der Waals surface area contributed by atoms with E-state index in [9.17, 15) is 9.18 Å². The van der Waals surface area contributed by atoms with Crippen molar-refractivity contribution < 1.29 is 9.18 Å². The highest BCUT2D eigenvalue weighted by atomic mass is 19.1. The fourth-order valence-electron chi connectivity index (χ4n) is 1.89. The number of aromatic nitrogens is 1. The third-order valence-electron chi connectivity index (χ3n) is 2.94. The molecule has 2 aromatic rings. The molecule has 0 aliphatic rings. The molecule has 1 heterocycles. The van der Waals surface area contributed by atoms with Crippen LogP contribution in [0.4, 0.5) is 4.39 Å². The van der Waals surface area contributed by atoms with Crippen molar-refractivity contribution in [2.24, 2.45) is 0 Å². The zero-order valence-corrected chi connectivity index (χ0v) is 11.0. The van der Waals surface area contributed by atoms with Gasteiger partial charge in [-0.3, -0.25) is 4.79 Å². The zero-order chi connectivity index (χ0) is 13.5. The van der Waals surface area contributed by atoms with Crippen LogP contribution in [-0.2, 0) is 5.41 Å². The number of fused-ring (bicyclic) bond motifs is 1. The van der Waals surface area contributed by atoms with Crippen molar-refractivity contribution in [2.75, 3.05) is 0 Å². The largest absolute Gasteiger partial charge is 0.294 e. The molecule has 0 unspecified atom stereocenters. The van der Waals surface area contributed by atoms with Gasteiger partial charge in [0.2, 0.25) is 0 Å². The Kier molecular flexibility index (Phi) is 2.93. The van der Waals surface area contributed by atoms with E-state index < -0.39 is 0 Å². The van der Waals surface area contributed by atoms with Gasteiger partial charge in [0.1, 0.15) is 11.3 Å². The minimum absolute atomic E-state index is 0.0708. The number of nitrogens with zero attached hydrogens (tertiary/aromatic N) is 1. The average molecular weight is 245 g/mol. The van der Waals surface area contributed by atoms with Crippen LogP contribution in [0.1, 0.15) is 43.7 Å². The van der Waals surface area contributed by atoms with Crippen LogP contribution >= 0.6 is 0 Å². The van der Waals surface area contributed by atoms with E-state index in [4.69, 9.17) is 0 Å². The molecule has 1 aromatic carbocycles. The summed E-state index contributed by atoms with van der Waals surface area (Å²) in [5, 5.41) is 0.579. The van der Waals surface area contributed by atoms with Gasteiger partial charge in [-0.15, -0.1) is 0 Å². The number of carbonyl (C=O) groups excluding carboxylic acids is 1. The summed E-state index contributed by atoms with van der Waals surface area (Å²) in [6, 6.07) is 6.47. The summed E-state index contributed by atoms with van der Waals surface area (Å²) in [7, 11) is 0. The van der Waals surface area contributed by atoms with Crippen LogP contribution in [0.2, 0.25) is 0 Å². The van der Waals surface area contributed by atoms with Gasteiger partial charge in [-0.05, 0) is 19.1 Å². The van der Waals surface area contributed by atoms with Gasteiger partial charge < -0.3 is 0 Å². The van der Waals surface area contributed by atoms with Crippen LogP contribution < -0.4 is 0 Å². The second-order valence-electron chi connectivity index (χ2n) is 5.50. The Morgan fingerprint density at radius 1 is 1.28 bits per heavy atom. The molecule has 3 heteroatoms. The van der Waals surface area contributed by atoms with Crippen LogP contribution in [0.15, 0.2) is 24.3 Å². The number of rotatable bonds is 1. The molecule has 94 valence electrons. The number of hydrogen-bond donors (Lipinski definition) is 0. The SMILES string of the molecule is CC(=O)c1cc(C(C)(C)C)nc2c(F)cccc12. The highest BCUT2D eigenvalue weighted by molar-refractivity contribution is 6.06. The molecular weight excluding hydrogens is 229 g/mol. The van der Waals surface area contributed by atoms with Gasteiger partial charge in [-0.1, -0.05) is 32.9 Å². The van der Waals surface area contributed by atoms with E-state index in [0.717, 1.165) is 5.69 Å². The Hall–Kier alpha value is -1.77. The topological polar surface area (TPSA) is 30.0 Å². The first-order chi connectivity index (χ1) is 8.30. The summed E-state index contributed by atoms with van der Waals surface area (Å²) in [6.07, 6.45) is 0. The van der Waals surface area contributed by atoms with Crippen molar-refractivity contribution in [3.8, 4) is 0 Å². The van der Waals surface area contributed by atoms with Gasteiger partial charge >= 0.3 is 0 Å². The lowest BCUT2D eigenvalue weighted by molar-refractivity contribution is 0.101. The highest BCUT2D eigenvalue weighted by Gasteiger charge is 2.20. The molecule has 0 spiro atoms. The van der Waals surface area contributed by atoms with Crippen molar-refractivity contribution >= 4 is 16.7 Å². The lowest BCUT2D eigenvalue weighted by Gasteiger charge is -2.19. The number of carbonyl (C=O) groups is 1. The van der Waals surface area contributed by atoms with Crippen molar-refractivity contribution in [1.82, 2.24) is 4.98 Å². The Balaban J connectivity index is 2.88. The molecule has 0 fully saturated rings. The quantitative estimate of drug-likeness (QED) is 0.714. The lowest BCUT2D eigenvalue weighted by Crippen LogP contribution is -2.15. The van der Waals surface area contributed by atoms with Crippen LogP contribution in [-0.4, -0.2) is 10.8 Å². The number of para-hydroxylation sites is 1. The Morgan fingerprint density at radius 3 is 2.50 bits per heavy atom. The van der Waals surface area contributed by atoms with E-state index >= 15 is 0 Å². The minimum atomic E-state index is -0.388. The molecule has 0 bridgehead atoms. The number of halogens is 1. The van der Waals surface area contributed by atoms with E-state index in [1.165, 1.54) is 13.0 Å². The first-order valence-corrected chi connectivity index (χ1v) is 5.91. The zero-order valence-electron chi connectivity index (χ0n) is 11.0. The predicted octanol–water partition coefficient (Wildman–Crippen LogP) is 3.87. The summed E-state index contributed by atoms with van der Waals surface area (Å²) >= 11 is 0. The Bertz CT molecular complexity index is 626. The van der Waals surface area contributed by atoms with Crippen LogP contribution in [0.3, 0.4) is 0 Å². The molecule has 2 nitrogen and oxygen atoms in total. The third kappa shape index (κ3) is 2.13. The van der Waals surface area contributed by atoms with Gasteiger partial charge in [-0.2, -0.15) is 0 Å². The minimum Gasteiger partial charge on any atom is -0.294 e. The van der Waals surface area contributed by atoms with E-state index in [2.05, 4.69) is 4.98 Å². The van der Waals surface area contributed by atoms with Crippen molar-refractivity contribution in [3.05, 3.63) is 41.3 Å². The van der Waals surface area contributed by atoms with Gasteiger partial charge in [-0.25, -0.2) is 9.37 Å². The molecule has 0 N–H and O–H groups in total. The molecule has 0 aliphatic carbocycles. The summed E-state index contributed by atoms with van der Waals surface area (Å²) in [4.78, 5) is 16.1. The normalized spacial score (nSPS) is 11.8. The second kappa shape index (κ2) is 4.16. The molecule has 18 heavy (non-hydrogen) atoms. The predicted molar refractivity (Wildman–Crippen MR) is 70.4 cm³/mol. The van der Waals surface area contributed by atoms with Crippen molar-refractivity contribution in [3.63, 3.8) is 0 Å². The average Bonchev–Trinajstić information content (AvgIpc) is 2.27. The number of hydrogen-bond acceptors (Lipinski definition) is 2. The summed E-state index contributed by atoms with van der Waals surface area (Å²) < 4.78 is 13.8. The second-order valence-corrected chi connectivity index (χ2v) is 5.50. The molecular formula is C15H16FNO. The van der Waals surface area contributed by atoms with Gasteiger partial charge in [0.05, 0.1) is 0 Å². The number of Topliss-reactive ketones (excluding diaryl/α,β-unsaturated/α-hetero) is 1. The maximum atomic E-state index is 13.8. The van der Waals surface area contributed by atoms with E-state index in [-0.39, 0.29) is 22.5 Å². The molecule has 0 saturated heterocycles. The molecule has 2 rings (SSSR count). The summed E-state index contributed by atoms with van der Waals surface area (Å²) in [5.41, 5.74) is 1.31. The Labute approximate surface area is 106 Å². The molecule has 1 aromatic heterocycles. The van der Waals surface area contributed by atoms with Gasteiger partial charge in [0, 0.05) is 22.1 Å². The third-order valence-corrected chi connectivity index (χ3v) is 2.94. The van der Waals surface area contributed by atoms with Crippen LogP contribution in [0, 0.1) is 5.82 Å². The number of pyridine rings is 1. The number of benzene rings is 1. The van der Waals surface area contributed by atoms with Crippen molar-refractivity contribution in [1.29, 1.82) is 0 Å². The van der Waals surface area contributed by atoms with Crippen LogP contribution in [0.25, 0.3) is 10.9 Å². The molecule has 0 saturated carbocycles. The fourth-order valence-corrected chi connectivity index (χ4v) is 1.89. The standard InChI is InChI=1S/C15H16FNO/c1-9(18)11-8-13(15(2,3)4)17-14-10(11)6-5-7-12(14)16/h5-8H,1-4H3. The molecule has 0 radical (unpaired) electrons. The maximum Gasteiger partial charge on any atom is 0.160 e. The summed E-state index contributed by atoms with van der Waals surface area (Å²) in [5.74, 6) is -0.459. The van der Waals surface area contributed by atoms with E-state index in [0.29, 0.717) is 10.9 Å². The maximum absolute atomic E-state index is 13.8. The monoisotopic (exact) mass is 245 g/mol. The summed E-state index contributed by atoms with van der Waals surface area (Å²) in [6.45, 7) is 7.47. The van der Waals surface area contributed by atoms with Crippen LogP contribution in [0.5, 0.6) is 0 Å². The highest BCUT2D eigenvalue weighted by Crippen LogP contribution is 2.27.